The van der Waals surface area contributed by atoms with Crippen molar-refractivity contribution in [3.8, 4) is 0 Å². The second-order valence-electron chi connectivity index (χ2n) is 5.95. The van der Waals surface area contributed by atoms with Crippen molar-refractivity contribution in [3.63, 3.8) is 0 Å². The summed E-state index contributed by atoms with van der Waals surface area (Å²) in [5.74, 6) is 0.541. The van der Waals surface area contributed by atoms with Crippen LogP contribution in [0.15, 0.2) is 0 Å². The van der Waals surface area contributed by atoms with E-state index in [1.165, 1.54) is 6.42 Å². The fraction of sp³-hybridized carbons (Fsp3) is 1.00. The molecule has 1 saturated carbocycles. The molecule has 4 nitrogen and oxygen atoms in total. The molecule has 112 valence electrons. The standard InChI is InChI=1S/C14H28N2O2S/c1-2-16(12-13-8-10-15-11-9-13)19(17,18)14-6-4-3-5-7-14/h13-15H,2-12H2,1H3. The summed E-state index contributed by atoms with van der Waals surface area (Å²) in [5, 5.41) is 3.23. The summed E-state index contributed by atoms with van der Waals surface area (Å²) in [6, 6.07) is 0. The highest BCUT2D eigenvalue weighted by molar-refractivity contribution is 7.89. The van der Waals surface area contributed by atoms with Gasteiger partial charge in [-0.2, -0.15) is 0 Å². The van der Waals surface area contributed by atoms with Crippen LogP contribution in [0, 0.1) is 5.92 Å². The van der Waals surface area contributed by atoms with Crippen LogP contribution in [0.5, 0.6) is 0 Å². The predicted octanol–water partition coefficient (Wildman–Crippen LogP) is 1.97. The zero-order valence-corrected chi connectivity index (χ0v) is 12.9. The molecule has 0 aromatic heterocycles. The van der Waals surface area contributed by atoms with Gasteiger partial charge in [-0.1, -0.05) is 26.2 Å². The summed E-state index contributed by atoms with van der Waals surface area (Å²) in [6.07, 6.45) is 7.31. The van der Waals surface area contributed by atoms with Crippen LogP contribution >= 0.6 is 0 Å². The highest BCUT2D eigenvalue weighted by Gasteiger charge is 2.33. The molecular formula is C14H28N2O2S. The maximum Gasteiger partial charge on any atom is 0.216 e. The zero-order valence-electron chi connectivity index (χ0n) is 12.1. The van der Waals surface area contributed by atoms with Crippen LogP contribution in [0.1, 0.15) is 51.9 Å². The second kappa shape index (κ2) is 7.04. The largest absolute Gasteiger partial charge is 0.317 e. The van der Waals surface area contributed by atoms with Gasteiger partial charge in [0.25, 0.3) is 0 Å². The molecule has 1 aliphatic heterocycles. The van der Waals surface area contributed by atoms with Crippen LogP contribution in [0.4, 0.5) is 0 Å². The van der Waals surface area contributed by atoms with Crippen molar-refractivity contribution in [1.29, 1.82) is 0 Å². The molecule has 1 saturated heterocycles. The molecule has 0 amide bonds. The molecule has 0 spiro atoms. The first-order valence-electron chi connectivity index (χ1n) is 7.84. The maximum absolute atomic E-state index is 12.7. The van der Waals surface area contributed by atoms with Gasteiger partial charge in [-0.15, -0.1) is 0 Å². The first-order valence-corrected chi connectivity index (χ1v) is 9.34. The van der Waals surface area contributed by atoms with Crippen molar-refractivity contribution in [1.82, 2.24) is 9.62 Å². The third kappa shape index (κ3) is 3.92. The second-order valence-corrected chi connectivity index (χ2v) is 8.16. The molecule has 1 N–H and O–H groups in total. The molecule has 1 heterocycles. The molecule has 2 rings (SSSR count). The molecule has 19 heavy (non-hydrogen) atoms. The van der Waals surface area contributed by atoms with E-state index in [1.807, 2.05) is 6.92 Å². The Morgan fingerprint density at radius 2 is 1.68 bits per heavy atom. The molecule has 2 aliphatic rings. The lowest BCUT2D eigenvalue weighted by Gasteiger charge is -2.32. The number of piperidine rings is 1. The summed E-state index contributed by atoms with van der Waals surface area (Å²) < 4.78 is 27.2. The summed E-state index contributed by atoms with van der Waals surface area (Å²) in [4.78, 5) is 0. The van der Waals surface area contributed by atoms with E-state index in [0.29, 0.717) is 12.5 Å². The van der Waals surface area contributed by atoms with Gasteiger partial charge in [-0.25, -0.2) is 12.7 Å². The van der Waals surface area contributed by atoms with Crippen LogP contribution in [0.25, 0.3) is 0 Å². The Labute approximate surface area is 118 Å². The summed E-state index contributed by atoms with van der Waals surface area (Å²) >= 11 is 0. The van der Waals surface area contributed by atoms with E-state index >= 15 is 0 Å². The lowest BCUT2D eigenvalue weighted by molar-refractivity contribution is 0.289. The highest BCUT2D eigenvalue weighted by Crippen LogP contribution is 2.27. The fourth-order valence-corrected chi connectivity index (χ4v) is 5.47. The van der Waals surface area contributed by atoms with Crippen molar-refractivity contribution in [3.05, 3.63) is 0 Å². The summed E-state index contributed by atoms with van der Waals surface area (Å²) in [7, 11) is -3.06. The van der Waals surface area contributed by atoms with E-state index in [0.717, 1.165) is 58.2 Å². The molecule has 1 aliphatic carbocycles. The Morgan fingerprint density at radius 3 is 2.26 bits per heavy atom. The first-order chi connectivity index (χ1) is 9.14. The van der Waals surface area contributed by atoms with E-state index in [1.54, 1.807) is 4.31 Å². The van der Waals surface area contributed by atoms with Gasteiger partial charge in [0.2, 0.25) is 10.0 Å². The predicted molar refractivity (Wildman–Crippen MR) is 78.6 cm³/mol. The van der Waals surface area contributed by atoms with Crippen LogP contribution in [-0.2, 0) is 10.0 Å². The molecule has 0 aromatic rings. The number of rotatable bonds is 5. The van der Waals surface area contributed by atoms with Gasteiger partial charge in [0, 0.05) is 13.1 Å². The Hall–Kier alpha value is -0.130. The number of nitrogens with one attached hydrogen (secondary N) is 1. The Balaban J connectivity index is 1.98. The number of hydrogen-bond acceptors (Lipinski definition) is 3. The average molecular weight is 288 g/mol. The van der Waals surface area contributed by atoms with Crippen LogP contribution < -0.4 is 5.32 Å². The van der Waals surface area contributed by atoms with Crippen LogP contribution in [0.2, 0.25) is 0 Å². The minimum absolute atomic E-state index is 0.108. The maximum atomic E-state index is 12.7. The zero-order chi connectivity index (χ0) is 13.7. The number of sulfonamides is 1. The molecule has 2 fully saturated rings. The van der Waals surface area contributed by atoms with E-state index in [4.69, 9.17) is 0 Å². The Bertz CT molecular complexity index is 358. The van der Waals surface area contributed by atoms with Crippen LogP contribution in [0.3, 0.4) is 0 Å². The quantitative estimate of drug-likeness (QED) is 0.841. The minimum atomic E-state index is -3.06. The van der Waals surface area contributed by atoms with Crippen molar-refractivity contribution in [2.45, 2.75) is 57.1 Å². The Kier molecular flexibility index (Phi) is 5.66. The van der Waals surface area contributed by atoms with Crippen molar-refractivity contribution in [2.24, 2.45) is 5.92 Å². The fourth-order valence-electron chi connectivity index (χ4n) is 3.34. The van der Waals surface area contributed by atoms with E-state index < -0.39 is 10.0 Å². The average Bonchev–Trinajstić information content (AvgIpc) is 2.46. The topological polar surface area (TPSA) is 49.4 Å². The monoisotopic (exact) mass is 288 g/mol. The molecule has 0 aromatic carbocycles. The highest BCUT2D eigenvalue weighted by atomic mass is 32.2. The SMILES string of the molecule is CCN(CC1CCNCC1)S(=O)(=O)C1CCCCC1. The molecule has 0 atom stereocenters. The smallest absolute Gasteiger partial charge is 0.216 e. The van der Waals surface area contributed by atoms with E-state index in [9.17, 15) is 8.42 Å². The molecule has 5 heteroatoms. The molecule has 0 bridgehead atoms. The van der Waals surface area contributed by atoms with Gasteiger partial charge >= 0.3 is 0 Å². The van der Waals surface area contributed by atoms with Crippen LogP contribution in [-0.4, -0.2) is 44.2 Å². The van der Waals surface area contributed by atoms with E-state index in [-0.39, 0.29) is 5.25 Å². The number of hydrogen-bond donors (Lipinski definition) is 1. The third-order valence-electron chi connectivity index (χ3n) is 4.61. The lowest BCUT2D eigenvalue weighted by atomic mass is 9.98. The van der Waals surface area contributed by atoms with Crippen molar-refractivity contribution < 1.29 is 8.42 Å². The van der Waals surface area contributed by atoms with Gasteiger partial charge in [-0.3, -0.25) is 0 Å². The Morgan fingerprint density at radius 1 is 1.05 bits per heavy atom. The van der Waals surface area contributed by atoms with Gasteiger partial charge in [0.05, 0.1) is 5.25 Å². The van der Waals surface area contributed by atoms with Gasteiger partial charge < -0.3 is 5.32 Å². The van der Waals surface area contributed by atoms with Crippen molar-refractivity contribution >= 4 is 10.0 Å². The molecule has 0 radical (unpaired) electrons. The van der Waals surface area contributed by atoms with Crippen molar-refractivity contribution in [2.75, 3.05) is 26.2 Å². The normalized spacial score (nSPS) is 23.9. The minimum Gasteiger partial charge on any atom is -0.317 e. The van der Waals surface area contributed by atoms with E-state index in [2.05, 4.69) is 5.32 Å². The lowest BCUT2D eigenvalue weighted by Crippen LogP contribution is -2.43. The molecular weight excluding hydrogens is 260 g/mol. The van der Waals surface area contributed by atoms with Gasteiger partial charge in [0.1, 0.15) is 0 Å². The summed E-state index contributed by atoms with van der Waals surface area (Å²) in [5.41, 5.74) is 0. The third-order valence-corrected chi connectivity index (χ3v) is 7.05. The van der Waals surface area contributed by atoms with Gasteiger partial charge in [0.15, 0.2) is 0 Å². The number of nitrogens with zero attached hydrogens (tertiary/aromatic N) is 1. The van der Waals surface area contributed by atoms with Gasteiger partial charge in [-0.05, 0) is 44.7 Å². The first kappa shape index (κ1) is 15.3. The summed E-state index contributed by atoms with van der Waals surface area (Å²) in [6.45, 7) is 5.40. The molecule has 0 unspecified atom stereocenters.